The Hall–Kier alpha value is -0.250. The largest absolute Gasteiger partial charge is 0.195 e. The van der Waals surface area contributed by atoms with Gasteiger partial charge in [-0.1, -0.05) is 6.07 Å². The summed E-state index contributed by atoms with van der Waals surface area (Å²) < 4.78 is 14.0. The van der Waals surface area contributed by atoms with Crippen molar-refractivity contribution in [3.05, 3.63) is 28.9 Å². The van der Waals surface area contributed by atoms with Gasteiger partial charge in [0, 0.05) is 15.5 Å². The van der Waals surface area contributed by atoms with Crippen molar-refractivity contribution in [1.29, 1.82) is 0 Å². The Labute approximate surface area is 95.1 Å². The summed E-state index contributed by atoms with van der Waals surface area (Å²) in [7, 11) is 0. The van der Waals surface area contributed by atoms with Crippen molar-refractivity contribution < 1.29 is 4.39 Å². The van der Waals surface area contributed by atoms with Gasteiger partial charge in [0.1, 0.15) is 0 Å². The molecule has 0 aliphatic heterocycles. The maximum atomic E-state index is 13.0. The maximum absolute atomic E-state index is 13.0. The number of hydrogen-bond acceptors (Lipinski definition) is 2. The number of halogens is 2. The van der Waals surface area contributed by atoms with E-state index in [1.807, 2.05) is 18.4 Å². The van der Waals surface area contributed by atoms with Crippen LogP contribution in [0, 0.1) is 5.13 Å². The molecule has 0 radical (unpaired) electrons. The molecular formula is C10H8ClFS2. The molecule has 4 heteroatoms. The van der Waals surface area contributed by atoms with Gasteiger partial charge < -0.3 is 0 Å². The molecule has 74 valence electrons. The predicted octanol–water partition coefficient (Wildman–Crippen LogP) is 4.50. The summed E-state index contributed by atoms with van der Waals surface area (Å²) in [5.41, 5.74) is 1.05. The number of alkyl halides is 1. The molecule has 14 heavy (non-hydrogen) atoms. The highest BCUT2D eigenvalue weighted by Gasteiger charge is 2.09. The first-order chi connectivity index (χ1) is 6.76. The summed E-state index contributed by atoms with van der Waals surface area (Å²) in [4.78, 5) is 1.13. The standard InChI is InChI=1S/C10H8ClFS2/c1-13-8-3-2-6-4-9(12)14-10(6)7(8)5-11/h2-4H,5H2,1H3. The number of rotatable bonds is 2. The Morgan fingerprint density at radius 1 is 1.50 bits per heavy atom. The van der Waals surface area contributed by atoms with E-state index < -0.39 is 0 Å². The number of hydrogen-bond donors (Lipinski definition) is 0. The van der Waals surface area contributed by atoms with E-state index in [0.717, 1.165) is 20.5 Å². The molecule has 0 fully saturated rings. The van der Waals surface area contributed by atoms with Gasteiger partial charge in [0.05, 0.1) is 0 Å². The van der Waals surface area contributed by atoms with E-state index in [2.05, 4.69) is 0 Å². The zero-order valence-corrected chi connectivity index (χ0v) is 9.90. The van der Waals surface area contributed by atoms with Crippen LogP contribution in [0.15, 0.2) is 23.1 Å². The molecule has 1 aromatic carbocycles. The van der Waals surface area contributed by atoms with Gasteiger partial charge in [-0.15, -0.1) is 34.7 Å². The number of fused-ring (bicyclic) bond motifs is 1. The highest BCUT2D eigenvalue weighted by atomic mass is 35.5. The second-order valence-corrected chi connectivity index (χ2v) is 4.97. The SMILES string of the molecule is CSc1ccc2cc(F)sc2c1CCl. The molecule has 0 saturated carbocycles. The average molecular weight is 247 g/mol. The van der Waals surface area contributed by atoms with E-state index in [0.29, 0.717) is 5.88 Å². The summed E-state index contributed by atoms with van der Waals surface area (Å²) in [5, 5.41) is 0.797. The Morgan fingerprint density at radius 2 is 2.29 bits per heavy atom. The van der Waals surface area contributed by atoms with Crippen LogP contribution in [0.3, 0.4) is 0 Å². The van der Waals surface area contributed by atoms with E-state index in [4.69, 9.17) is 11.6 Å². The summed E-state index contributed by atoms with van der Waals surface area (Å²) >= 11 is 8.68. The molecule has 2 rings (SSSR count). The fourth-order valence-electron chi connectivity index (χ4n) is 1.43. The van der Waals surface area contributed by atoms with Gasteiger partial charge in [0.2, 0.25) is 0 Å². The van der Waals surface area contributed by atoms with Gasteiger partial charge in [-0.2, -0.15) is 4.39 Å². The first-order valence-corrected chi connectivity index (χ1v) is 6.64. The van der Waals surface area contributed by atoms with Crippen molar-refractivity contribution >= 4 is 44.8 Å². The summed E-state index contributed by atoms with van der Waals surface area (Å²) in [6, 6.07) is 5.49. The lowest BCUT2D eigenvalue weighted by Gasteiger charge is -2.04. The van der Waals surface area contributed by atoms with E-state index in [9.17, 15) is 4.39 Å². The van der Waals surface area contributed by atoms with Crippen molar-refractivity contribution in [3.63, 3.8) is 0 Å². The van der Waals surface area contributed by atoms with Crippen LogP contribution in [-0.2, 0) is 5.88 Å². The molecule has 0 atom stereocenters. The van der Waals surface area contributed by atoms with Gasteiger partial charge in [-0.25, -0.2) is 0 Å². The van der Waals surface area contributed by atoms with Crippen molar-refractivity contribution in [3.8, 4) is 0 Å². The zero-order valence-electron chi connectivity index (χ0n) is 7.51. The fourth-order valence-corrected chi connectivity index (χ4v) is 3.49. The third-order valence-electron chi connectivity index (χ3n) is 2.07. The molecule has 0 aliphatic rings. The molecule has 0 saturated heterocycles. The van der Waals surface area contributed by atoms with Crippen molar-refractivity contribution in [2.24, 2.45) is 0 Å². The van der Waals surface area contributed by atoms with Crippen molar-refractivity contribution in [2.75, 3.05) is 6.26 Å². The highest BCUT2D eigenvalue weighted by Crippen LogP contribution is 2.34. The van der Waals surface area contributed by atoms with E-state index in [-0.39, 0.29) is 5.13 Å². The topological polar surface area (TPSA) is 0 Å². The van der Waals surface area contributed by atoms with Gasteiger partial charge in [0.25, 0.3) is 0 Å². The second-order valence-electron chi connectivity index (χ2n) is 2.85. The number of thioether (sulfide) groups is 1. The number of thiophene rings is 1. The monoisotopic (exact) mass is 246 g/mol. The molecule has 1 heterocycles. The quantitative estimate of drug-likeness (QED) is 0.555. The molecule has 0 spiro atoms. The highest BCUT2D eigenvalue weighted by molar-refractivity contribution is 7.98. The van der Waals surface area contributed by atoms with Gasteiger partial charge in [-0.3, -0.25) is 0 Å². The average Bonchev–Trinajstić information content (AvgIpc) is 2.56. The van der Waals surface area contributed by atoms with E-state index in [1.54, 1.807) is 17.8 Å². The Kier molecular flexibility index (Phi) is 3.00. The minimum absolute atomic E-state index is 0.149. The van der Waals surface area contributed by atoms with Crippen LogP contribution in [0.2, 0.25) is 0 Å². The molecule has 1 aromatic heterocycles. The molecule has 0 amide bonds. The maximum Gasteiger partial charge on any atom is 0.177 e. The smallest absolute Gasteiger partial charge is 0.177 e. The van der Waals surface area contributed by atoms with Crippen LogP contribution in [0.25, 0.3) is 10.1 Å². The van der Waals surface area contributed by atoms with E-state index >= 15 is 0 Å². The minimum Gasteiger partial charge on any atom is -0.195 e. The molecule has 0 unspecified atom stereocenters. The Bertz CT molecular complexity index is 464. The fraction of sp³-hybridized carbons (Fsp3) is 0.200. The van der Waals surface area contributed by atoms with Crippen LogP contribution in [0.5, 0.6) is 0 Å². The number of benzene rings is 1. The summed E-state index contributed by atoms with van der Waals surface area (Å²) in [5.74, 6) is 0.438. The normalized spacial score (nSPS) is 11.1. The van der Waals surface area contributed by atoms with Crippen LogP contribution in [0.1, 0.15) is 5.56 Å². The molecule has 0 nitrogen and oxygen atoms in total. The predicted molar refractivity (Wildman–Crippen MR) is 63.1 cm³/mol. The van der Waals surface area contributed by atoms with Crippen molar-refractivity contribution in [2.45, 2.75) is 10.8 Å². The van der Waals surface area contributed by atoms with Crippen LogP contribution >= 0.6 is 34.7 Å². The first-order valence-electron chi connectivity index (χ1n) is 4.07. The van der Waals surface area contributed by atoms with Crippen LogP contribution < -0.4 is 0 Å². The lowest BCUT2D eigenvalue weighted by Crippen LogP contribution is -1.82. The van der Waals surface area contributed by atoms with Gasteiger partial charge >= 0.3 is 0 Å². The van der Waals surface area contributed by atoms with Gasteiger partial charge in [-0.05, 0) is 29.3 Å². The Morgan fingerprint density at radius 3 is 2.93 bits per heavy atom. The molecule has 2 aromatic rings. The third kappa shape index (κ3) is 1.64. The van der Waals surface area contributed by atoms with Crippen LogP contribution in [-0.4, -0.2) is 6.26 Å². The van der Waals surface area contributed by atoms with Gasteiger partial charge in [0.15, 0.2) is 5.13 Å². The second kappa shape index (κ2) is 4.09. The van der Waals surface area contributed by atoms with E-state index in [1.165, 1.54) is 11.3 Å². The molecule has 0 N–H and O–H groups in total. The molecular weight excluding hydrogens is 239 g/mol. The molecule has 0 bridgehead atoms. The molecule has 0 aliphatic carbocycles. The lowest BCUT2D eigenvalue weighted by molar-refractivity contribution is 0.658. The lowest BCUT2D eigenvalue weighted by atomic mass is 10.2. The minimum atomic E-state index is -0.149. The summed E-state index contributed by atoms with van der Waals surface area (Å²) in [6.07, 6.45) is 2.00. The first kappa shape index (κ1) is 10.3. The third-order valence-corrected chi connectivity index (χ3v) is 4.16. The zero-order chi connectivity index (χ0) is 10.1. The van der Waals surface area contributed by atoms with Crippen LogP contribution in [0.4, 0.5) is 4.39 Å². The Balaban J connectivity index is 2.75. The summed E-state index contributed by atoms with van der Waals surface area (Å²) in [6.45, 7) is 0. The van der Waals surface area contributed by atoms with Crippen molar-refractivity contribution in [1.82, 2.24) is 0 Å².